The molecule has 1 nitrogen and oxygen atoms in total. The molecule has 0 fully saturated rings. The normalized spacial score (nSPS) is 13.3. The third-order valence-electron chi connectivity index (χ3n) is 1.72. The van der Waals surface area contributed by atoms with Crippen molar-refractivity contribution in [1.82, 2.24) is 5.32 Å². The SMILES string of the molecule is C=C(C)CC(CSC(C)C)NCC. The smallest absolute Gasteiger partial charge is 0.0195 e. The van der Waals surface area contributed by atoms with Crippen LogP contribution in [0.5, 0.6) is 0 Å². The van der Waals surface area contributed by atoms with Crippen LogP contribution >= 0.6 is 11.8 Å². The van der Waals surface area contributed by atoms with E-state index in [1.165, 1.54) is 11.3 Å². The van der Waals surface area contributed by atoms with Crippen LogP contribution in [-0.4, -0.2) is 23.6 Å². The van der Waals surface area contributed by atoms with Crippen LogP contribution in [0.4, 0.5) is 0 Å². The van der Waals surface area contributed by atoms with E-state index in [4.69, 9.17) is 0 Å². The topological polar surface area (TPSA) is 12.0 Å². The first-order valence-electron chi connectivity index (χ1n) is 5.05. The number of hydrogen-bond acceptors (Lipinski definition) is 2. The molecule has 0 heterocycles. The van der Waals surface area contributed by atoms with E-state index in [2.05, 4.69) is 39.6 Å². The molecule has 0 bridgehead atoms. The minimum absolute atomic E-state index is 0.606. The molecule has 0 aromatic heterocycles. The molecule has 0 spiro atoms. The first kappa shape index (κ1) is 13.1. The molecule has 0 radical (unpaired) electrons. The predicted molar refractivity (Wildman–Crippen MR) is 64.5 cm³/mol. The molecule has 0 rings (SSSR count). The van der Waals surface area contributed by atoms with Gasteiger partial charge in [-0.25, -0.2) is 0 Å². The summed E-state index contributed by atoms with van der Waals surface area (Å²) in [7, 11) is 0. The standard InChI is InChI=1S/C11H23NS/c1-6-12-11(7-9(2)3)8-13-10(4)5/h10-12H,2,6-8H2,1,3-5H3. The van der Waals surface area contributed by atoms with Gasteiger partial charge in [0.15, 0.2) is 0 Å². The molecule has 0 aliphatic rings. The van der Waals surface area contributed by atoms with Crippen molar-refractivity contribution in [3.8, 4) is 0 Å². The van der Waals surface area contributed by atoms with E-state index in [1.54, 1.807) is 0 Å². The lowest BCUT2D eigenvalue weighted by atomic mass is 10.1. The van der Waals surface area contributed by atoms with Crippen molar-refractivity contribution < 1.29 is 0 Å². The second-order valence-corrected chi connectivity index (χ2v) is 5.41. The molecule has 1 N–H and O–H groups in total. The lowest BCUT2D eigenvalue weighted by Gasteiger charge is -2.18. The summed E-state index contributed by atoms with van der Waals surface area (Å²) in [5.74, 6) is 1.19. The Morgan fingerprint density at radius 1 is 1.46 bits per heavy atom. The number of hydrogen-bond donors (Lipinski definition) is 1. The van der Waals surface area contributed by atoms with Crippen LogP contribution in [0.15, 0.2) is 12.2 Å². The summed E-state index contributed by atoms with van der Waals surface area (Å²) in [5.41, 5.74) is 1.27. The third kappa shape index (κ3) is 8.38. The highest BCUT2D eigenvalue weighted by Crippen LogP contribution is 2.14. The monoisotopic (exact) mass is 201 g/mol. The molecule has 0 aliphatic heterocycles. The van der Waals surface area contributed by atoms with Crippen molar-refractivity contribution >= 4 is 11.8 Å². The van der Waals surface area contributed by atoms with Crippen LogP contribution in [0.3, 0.4) is 0 Å². The molecule has 0 saturated carbocycles. The Balaban J connectivity index is 3.72. The zero-order valence-corrected chi connectivity index (χ0v) is 10.2. The summed E-state index contributed by atoms with van der Waals surface area (Å²) < 4.78 is 0. The fourth-order valence-electron chi connectivity index (χ4n) is 1.21. The zero-order chi connectivity index (χ0) is 10.3. The van der Waals surface area contributed by atoms with Gasteiger partial charge in [0, 0.05) is 11.8 Å². The molecule has 2 heteroatoms. The quantitative estimate of drug-likeness (QED) is 0.635. The lowest BCUT2D eigenvalue weighted by molar-refractivity contribution is 0.570. The molecule has 1 unspecified atom stereocenters. The highest BCUT2D eigenvalue weighted by Gasteiger charge is 2.08. The molecule has 0 saturated heterocycles. The molecule has 0 aromatic rings. The molecule has 1 atom stereocenters. The van der Waals surface area contributed by atoms with Crippen molar-refractivity contribution in [1.29, 1.82) is 0 Å². The van der Waals surface area contributed by atoms with E-state index in [9.17, 15) is 0 Å². The fraction of sp³-hybridized carbons (Fsp3) is 0.818. The molecule has 0 aliphatic carbocycles. The summed E-state index contributed by atoms with van der Waals surface area (Å²) in [5, 5.41) is 4.22. The van der Waals surface area contributed by atoms with Gasteiger partial charge in [-0.1, -0.05) is 26.3 Å². The Labute approximate surface area is 87.4 Å². The summed E-state index contributed by atoms with van der Waals surface area (Å²) >= 11 is 2.02. The van der Waals surface area contributed by atoms with Crippen LogP contribution in [0, 0.1) is 0 Å². The Morgan fingerprint density at radius 3 is 2.46 bits per heavy atom. The lowest BCUT2D eigenvalue weighted by Crippen LogP contribution is -2.31. The van der Waals surface area contributed by atoms with Gasteiger partial charge in [-0.2, -0.15) is 11.8 Å². The van der Waals surface area contributed by atoms with Crippen LogP contribution in [0.1, 0.15) is 34.1 Å². The second kappa shape index (κ2) is 7.45. The molecular formula is C11H23NS. The minimum atomic E-state index is 0.606. The zero-order valence-electron chi connectivity index (χ0n) is 9.39. The maximum Gasteiger partial charge on any atom is 0.0195 e. The van der Waals surface area contributed by atoms with Crippen molar-refractivity contribution in [3.63, 3.8) is 0 Å². The van der Waals surface area contributed by atoms with Gasteiger partial charge in [0.05, 0.1) is 0 Å². The third-order valence-corrected chi connectivity index (χ3v) is 2.98. The largest absolute Gasteiger partial charge is 0.313 e. The van der Waals surface area contributed by atoms with Crippen LogP contribution < -0.4 is 5.32 Å². The van der Waals surface area contributed by atoms with Crippen molar-refractivity contribution in [2.24, 2.45) is 0 Å². The number of nitrogens with one attached hydrogen (secondary N) is 1. The van der Waals surface area contributed by atoms with E-state index in [1.807, 2.05) is 11.8 Å². The van der Waals surface area contributed by atoms with Gasteiger partial charge in [-0.05, 0) is 25.1 Å². The average Bonchev–Trinajstić information content (AvgIpc) is 1.99. The van der Waals surface area contributed by atoms with Gasteiger partial charge in [-0.15, -0.1) is 6.58 Å². The van der Waals surface area contributed by atoms with Crippen LogP contribution in [0.2, 0.25) is 0 Å². The fourth-order valence-corrected chi connectivity index (χ4v) is 2.06. The average molecular weight is 201 g/mol. The Morgan fingerprint density at radius 2 is 2.08 bits per heavy atom. The number of rotatable bonds is 7. The number of thioether (sulfide) groups is 1. The molecule has 13 heavy (non-hydrogen) atoms. The van der Waals surface area contributed by atoms with E-state index in [-0.39, 0.29) is 0 Å². The van der Waals surface area contributed by atoms with E-state index < -0.39 is 0 Å². The summed E-state index contributed by atoms with van der Waals surface area (Å²) in [4.78, 5) is 0. The Hall–Kier alpha value is 0.0500. The first-order chi connectivity index (χ1) is 6.06. The van der Waals surface area contributed by atoms with Crippen molar-refractivity contribution in [2.45, 2.75) is 45.4 Å². The van der Waals surface area contributed by atoms with E-state index in [0.717, 1.165) is 18.2 Å². The summed E-state index contributed by atoms with van der Waals surface area (Å²) in [6.45, 7) is 13.8. The molecule has 0 amide bonds. The van der Waals surface area contributed by atoms with E-state index >= 15 is 0 Å². The first-order valence-corrected chi connectivity index (χ1v) is 6.10. The maximum absolute atomic E-state index is 3.96. The van der Waals surface area contributed by atoms with Gasteiger partial charge in [-0.3, -0.25) is 0 Å². The van der Waals surface area contributed by atoms with Crippen LogP contribution in [-0.2, 0) is 0 Å². The molecule has 78 valence electrons. The maximum atomic E-state index is 3.96. The highest BCUT2D eigenvalue weighted by molar-refractivity contribution is 7.99. The minimum Gasteiger partial charge on any atom is -0.313 e. The molecule has 0 aromatic carbocycles. The van der Waals surface area contributed by atoms with Gasteiger partial charge in [0.1, 0.15) is 0 Å². The molecular weight excluding hydrogens is 178 g/mol. The van der Waals surface area contributed by atoms with Gasteiger partial charge in [0.25, 0.3) is 0 Å². The van der Waals surface area contributed by atoms with Crippen molar-refractivity contribution in [2.75, 3.05) is 12.3 Å². The highest BCUT2D eigenvalue weighted by atomic mass is 32.2. The Bertz CT molecular complexity index is 143. The summed E-state index contributed by atoms with van der Waals surface area (Å²) in [6, 6.07) is 0.606. The van der Waals surface area contributed by atoms with Gasteiger partial charge in [0.2, 0.25) is 0 Å². The van der Waals surface area contributed by atoms with Gasteiger partial charge < -0.3 is 5.32 Å². The summed E-state index contributed by atoms with van der Waals surface area (Å²) in [6.07, 6.45) is 1.10. The van der Waals surface area contributed by atoms with Gasteiger partial charge >= 0.3 is 0 Å². The second-order valence-electron chi connectivity index (χ2n) is 3.80. The van der Waals surface area contributed by atoms with E-state index in [0.29, 0.717) is 6.04 Å². The van der Waals surface area contributed by atoms with Crippen molar-refractivity contribution in [3.05, 3.63) is 12.2 Å². The Kier molecular flexibility index (Phi) is 7.48. The van der Waals surface area contributed by atoms with Crippen LogP contribution in [0.25, 0.3) is 0 Å². The predicted octanol–water partition coefficient (Wildman–Crippen LogP) is 3.07.